The van der Waals surface area contributed by atoms with Crippen molar-refractivity contribution in [2.45, 2.75) is 6.92 Å². The Labute approximate surface area is 158 Å². The summed E-state index contributed by atoms with van der Waals surface area (Å²) < 4.78 is 29.7. The Morgan fingerprint density at radius 3 is 2.81 bits per heavy atom. The Bertz CT molecular complexity index is 1140. The normalized spacial score (nSPS) is 12.2. The largest absolute Gasteiger partial charge is 0.345 e. The Balaban J connectivity index is 1.73. The summed E-state index contributed by atoms with van der Waals surface area (Å²) in [5, 5.41) is 0. The minimum atomic E-state index is -1.18. The number of fused-ring (bicyclic) bond motifs is 1. The van der Waals surface area contributed by atoms with Gasteiger partial charge in [-0.3, -0.25) is 0 Å². The smallest absolute Gasteiger partial charge is 0.156 e. The molecule has 1 atom stereocenters. The molecule has 0 aliphatic rings. The van der Waals surface area contributed by atoms with Gasteiger partial charge in [-0.2, -0.15) is 0 Å². The van der Waals surface area contributed by atoms with E-state index in [0.717, 1.165) is 5.56 Å². The van der Waals surface area contributed by atoms with Crippen molar-refractivity contribution in [2.75, 3.05) is 10.5 Å². The summed E-state index contributed by atoms with van der Waals surface area (Å²) in [7, 11) is -1.18. The highest BCUT2D eigenvalue weighted by Gasteiger charge is 2.12. The zero-order valence-corrected chi connectivity index (χ0v) is 15.4. The molecule has 0 fully saturated rings. The first-order valence-electron chi connectivity index (χ1n) is 8.50. The van der Waals surface area contributed by atoms with Gasteiger partial charge in [0, 0.05) is 23.1 Å². The maximum Gasteiger partial charge on any atom is 0.156 e. The molecule has 5 nitrogen and oxygen atoms in total. The molecule has 0 radical (unpaired) electrons. The van der Waals surface area contributed by atoms with Crippen LogP contribution < -0.4 is 4.72 Å². The second-order valence-electron chi connectivity index (χ2n) is 5.94. The summed E-state index contributed by atoms with van der Waals surface area (Å²) >= 11 is 0. The van der Waals surface area contributed by atoms with Gasteiger partial charge in [-0.05, 0) is 29.8 Å². The van der Waals surface area contributed by atoms with Crippen molar-refractivity contribution in [1.82, 2.24) is 15.0 Å². The maximum absolute atomic E-state index is 14.9. The molecule has 1 unspecified atom stereocenters. The van der Waals surface area contributed by atoms with E-state index < -0.39 is 11.0 Å². The van der Waals surface area contributed by atoms with E-state index in [0.29, 0.717) is 39.4 Å². The van der Waals surface area contributed by atoms with Crippen LogP contribution in [0.4, 0.5) is 10.1 Å². The van der Waals surface area contributed by atoms with Gasteiger partial charge in [-0.15, -0.1) is 0 Å². The SMILES string of the molecule is CCS(=O)Nc1ccccc1-c1ccc(-c2cnc3[nH]ccc3n2)c(F)c1. The molecule has 4 rings (SSSR count). The first-order chi connectivity index (χ1) is 13.2. The van der Waals surface area contributed by atoms with Crippen molar-refractivity contribution in [3.05, 3.63) is 66.7 Å². The molecule has 0 amide bonds. The van der Waals surface area contributed by atoms with E-state index in [1.165, 1.54) is 6.07 Å². The van der Waals surface area contributed by atoms with E-state index in [2.05, 4.69) is 19.7 Å². The monoisotopic (exact) mass is 380 g/mol. The highest BCUT2D eigenvalue weighted by molar-refractivity contribution is 7.86. The second-order valence-corrected chi connectivity index (χ2v) is 7.42. The third-order valence-corrected chi connectivity index (χ3v) is 5.20. The molecule has 0 aliphatic heterocycles. The summed E-state index contributed by atoms with van der Waals surface area (Å²) in [6.07, 6.45) is 3.30. The lowest BCUT2D eigenvalue weighted by atomic mass is 10.0. The van der Waals surface area contributed by atoms with Gasteiger partial charge in [-0.1, -0.05) is 31.2 Å². The highest BCUT2D eigenvalue weighted by Crippen LogP contribution is 2.32. The third-order valence-electron chi connectivity index (χ3n) is 4.23. The van der Waals surface area contributed by atoms with Crippen LogP contribution in [0.15, 0.2) is 60.9 Å². The molecule has 0 aliphatic carbocycles. The molecule has 7 heteroatoms. The fourth-order valence-electron chi connectivity index (χ4n) is 2.87. The zero-order chi connectivity index (χ0) is 18.8. The van der Waals surface area contributed by atoms with E-state index >= 15 is 0 Å². The van der Waals surface area contributed by atoms with Gasteiger partial charge in [0.2, 0.25) is 0 Å². The van der Waals surface area contributed by atoms with Gasteiger partial charge < -0.3 is 9.71 Å². The Morgan fingerprint density at radius 1 is 1.15 bits per heavy atom. The summed E-state index contributed by atoms with van der Waals surface area (Å²) in [5.74, 6) is 0.102. The van der Waals surface area contributed by atoms with Gasteiger partial charge in [0.25, 0.3) is 0 Å². The Hall–Kier alpha value is -3.06. The summed E-state index contributed by atoms with van der Waals surface area (Å²) in [5.41, 5.74) is 4.41. The van der Waals surface area contributed by atoms with Crippen molar-refractivity contribution in [2.24, 2.45) is 0 Å². The minimum Gasteiger partial charge on any atom is -0.345 e. The van der Waals surface area contributed by atoms with Gasteiger partial charge in [0.1, 0.15) is 22.3 Å². The number of halogens is 1. The van der Waals surface area contributed by atoms with Crippen molar-refractivity contribution < 1.29 is 8.60 Å². The lowest BCUT2D eigenvalue weighted by molar-refractivity contribution is 0.631. The first kappa shape index (κ1) is 17.4. The average molecular weight is 380 g/mol. The minimum absolute atomic E-state index is 0.386. The van der Waals surface area contributed by atoms with Crippen LogP contribution in [0, 0.1) is 5.82 Å². The molecule has 27 heavy (non-hydrogen) atoms. The predicted molar refractivity (Wildman–Crippen MR) is 107 cm³/mol. The van der Waals surface area contributed by atoms with Crippen LogP contribution in [0.5, 0.6) is 0 Å². The number of hydrogen-bond acceptors (Lipinski definition) is 3. The number of rotatable bonds is 5. The lowest BCUT2D eigenvalue weighted by Crippen LogP contribution is -2.07. The van der Waals surface area contributed by atoms with Gasteiger partial charge in [0.15, 0.2) is 5.65 Å². The zero-order valence-electron chi connectivity index (χ0n) is 14.6. The van der Waals surface area contributed by atoms with E-state index in [-0.39, 0.29) is 5.82 Å². The molecule has 136 valence electrons. The first-order valence-corrected chi connectivity index (χ1v) is 9.82. The number of anilines is 1. The number of nitrogens with one attached hydrogen (secondary N) is 2. The average Bonchev–Trinajstić information content (AvgIpc) is 3.16. The Morgan fingerprint density at radius 2 is 2.00 bits per heavy atom. The molecular weight excluding hydrogens is 363 g/mol. The molecule has 0 spiro atoms. The molecule has 2 N–H and O–H groups in total. The van der Waals surface area contributed by atoms with Crippen molar-refractivity contribution >= 4 is 27.8 Å². The van der Waals surface area contributed by atoms with E-state index in [9.17, 15) is 8.60 Å². The Kier molecular flexibility index (Phi) is 4.68. The topological polar surface area (TPSA) is 70.7 Å². The fourth-order valence-corrected chi connectivity index (χ4v) is 3.44. The van der Waals surface area contributed by atoms with Crippen LogP contribution in [0.3, 0.4) is 0 Å². The summed E-state index contributed by atoms with van der Waals surface area (Å²) in [4.78, 5) is 11.7. The van der Waals surface area contributed by atoms with Gasteiger partial charge in [0.05, 0.1) is 17.6 Å². The highest BCUT2D eigenvalue weighted by atomic mass is 32.2. The van der Waals surface area contributed by atoms with E-state index in [4.69, 9.17) is 0 Å². The molecule has 2 heterocycles. The maximum atomic E-state index is 14.9. The number of benzene rings is 2. The van der Waals surface area contributed by atoms with Crippen LogP contribution in [0.25, 0.3) is 33.5 Å². The predicted octanol–water partition coefficient (Wildman–Crippen LogP) is 4.53. The lowest BCUT2D eigenvalue weighted by Gasteiger charge is -2.12. The molecule has 0 saturated heterocycles. The molecule has 0 bridgehead atoms. The second kappa shape index (κ2) is 7.28. The van der Waals surface area contributed by atoms with E-state index in [1.807, 2.05) is 37.3 Å². The number of H-pyrrole nitrogens is 1. The summed E-state index contributed by atoms with van der Waals surface area (Å²) in [6.45, 7) is 1.84. The van der Waals surface area contributed by atoms with Crippen LogP contribution in [-0.2, 0) is 11.0 Å². The van der Waals surface area contributed by atoms with Crippen LogP contribution >= 0.6 is 0 Å². The summed E-state index contributed by atoms with van der Waals surface area (Å²) in [6, 6.07) is 14.2. The molecule has 2 aromatic heterocycles. The number of aromatic amines is 1. The van der Waals surface area contributed by atoms with Crippen LogP contribution in [-0.4, -0.2) is 24.9 Å². The molecular formula is C20H17FN4OS. The van der Waals surface area contributed by atoms with E-state index in [1.54, 1.807) is 24.5 Å². The molecule has 2 aromatic carbocycles. The molecule has 0 saturated carbocycles. The fraction of sp³-hybridized carbons (Fsp3) is 0.100. The van der Waals surface area contributed by atoms with Crippen LogP contribution in [0.2, 0.25) is 0 Å². The van der Waals surface area contributed by atoms with Crippen molar-refractivity contribution in [3.63, 3.8) is 0 Å². The van der Waals surface area contributed by atoms with Gasteiger partial charge >= 0.3 is 0 Å². The number of aromatic nitrogens is 3. The van der Waals surface area contributed by atoms with Crippen LogP contribution in [0.1, 0.15) is 6.92 Å². The van der Waals surface area contributed by atoms with Crippen molar-refractivity contribution in [1.29, 1.82) is 0 Å². The van der Waals surface area contributed by atoms with Gasteiger partial charge in [-0.25, -0.2) is 18.6 Å². The van der Waals surface area contributed by atoms with Crippen molar-refractivity contribution in [3.8, 4) is 22.4 Å². The number of nitrogens with zero attached hydrogens (tertiary/aromatic N) is 2. The molecule has 4 aromatic rings. The number of hydrogen-bond donors (Lipinski definition) is 2. The third kappa shape index (κ3) is 3.46. The standard InChI is InChI=1S/C20H17FN4OS/c1-2-27(26)25-17-6-4-3-5-14(17)13-7-8-15(16(21)11-13)19-12-23-20-18(24-19)9-10-22-20/h3-12,25H,2H2,1H3,(H,22,23). The quantitative estimate of drug-likeness (QED) is 0.534. The number of para-hydroxylation sites is 1.